The fourth-order valence-corrected chi connectivity index (χ4v) is 5.11. The molecule has 0 aromatic carbocycles. The number of sulfone groups is 1. The lowest BCUT2D eigenvalue weighted by molar-refractivity contribution is 0.0696. The van der Waals surface area contributed by atoms with Crippen LogP contribution >= 0.6 is 11.8 Å². The minimum absolute atomic E-state index is 0.0162. The summed E-state index contributed by atoms with van der Waals surface area (Å²) in [7, 11) is -3.27. The third-order valence-electron chi connectivity index (χ3n) is 3.32. The smallest absolute Gasteiger partial charge is 0.337 e. The highest BCUT2D eigenvalue weighted by Crippen LogP contribution is 2.30. The third kappa shape index (κ3) is 3.24. The molecule has 1 aliphatic heterocycles. The molecular weight excluding hydrogens is 314 g/mol. The zero-order valence-electron chi connectivity index (χ0n) is 11.5. The third-order valence-corrected chi connectivity index (χ3v) is 6.60. The summed E-state index contributed by atoms with van der Waals surface area (Å²) in [5.41, 5.74) is 6.03. The van der Waals surface area contributed by atoms with Gasteiger partial charge in [-0.2, -0.15) is 11.8 Å². The number of pyridine rings is 1. The van der Waals surface area contributed by atoms with Crippen LogP contribution in [0.2, 0.25) is 0 Å². The molecular formula is C12H17N3O4S2. The van der Waals surface area contributed by atoms with Gasteiger partial charge in [-0.25, -0.2) is 18.2 Å². The van der Waals surface area contributed by atoms with Crippen LogP contribution in [0.1, 0.15) is 17.3 Å². The van der Waals surface area contributed by atoms with E-state index >= 15 is 0 Å². The number of carbonyl (C=O) groups is 1. The van der Waals surface area contributed by atoms with Gasteiger partial charge in [-0.3, -0.25) is 0 Å². The molecule has 0 saturated carbocycles. The lowest BCUT2D eigenvalue weighted by Crippen LogP contribution is -2.48. The van der Waals surface area contributed by atoms with Crippen molar-refractivity contribution in [1.29, 1.82) is 0 Å². The maximum absolute atomic E-state index is 12.2. The first-order chi connectivity index (χ1) is 9.86. The highest BCUT2D eigenvalue weighted by atomic mass is 32.2. The average Bonchev–Trinajstić information content (AvgIpc) is 2.47. The van der Waals surface area contributed by atoms with Gasteiger partial charge < -0.3 is 15.7 Å². The van der Waals surface area contributed by atoms with E-state index in [0.717, 1.165) is 5.75 Å². The van der Waals surface area contributed by atoms with E-state index in [9.17, 15) is 13.2 Å². The molecule has 0 amide bonds. The molecule has 3 N–H and O–H groups in total. The Morgan fingerprint density at radius 1 is 1.62 bits per heavy atom. The van der Waals surface area contributed by atoms with Gasteiger partial charge in [-0.1, -0.05) is 6.92 Å². The Morgan fingerprint density at radius 3 is 2.90 bits per heavy atom. The number of anilines is 2. The molecule has 21 heavy (non-hydrogen) atoms. The Labute approximate surface area is 127 Å². The van der Waals surface area contributed by atoms with Gasteiger partial charge in [0.1, 0.15) is 5.37 Å². The first-order valence-corrected chi connectivity index (χ1v) is 9.28. The molecule has 1 fully saturated rings. The minimum Gasteiger partial charge on any atom is -0.478 e. The number of aromatic nitrogens is 1. The molecule has 0 radical (unpaired) electrons. The van der Waals surface area contributed by atoms with Crippen molar-refractivity contribution in [3.63, 3.8) is 0 Å². The molecule has 0 aliphatic carbocycles. The fourth-order valence-electron chi connectivity index (χ4n) is 2.14. The molecule has 1 aromatic rings. The van der Waals surface area contributed by atoms with Crippen LogP contribution in [-0.4, -0.2) is 53.7 Å². The van der Waals surface area contributed by atoms with Crippen LogP contribution in [-0.2, 0) is 9.84 Å². The van der Waals surface area contributed by atoms with Crippen LogP contribution in [0.3, 0.4) is 0 Å². The van der Waals surface area contributed by atoms with Crippen molar-refractivity contribution in [3.8, 4) is 0 Å². The largest absolute Gasteiger partial charge is 0.478 e. The van der Waals surface area contributed by atoms with Crippen LogP contribution in [0.4, 0.5) is 11.5 Å². The number of hydrogen-bond donors (Lipinski definition) is 2. The second-order valence-electron chi connectivity index (χ2n) is 4.62. The monoisotopic (exact) mass is 331 g/mol. The highest BCUT2D eigenvalue weighted by molar-refractivity contribution is 8.01. The second kappa shape index (κ2) is 6.10. The Bertz CT molecular complexity index is 648. The van der Waals surface area contributed by atoms with Gasteiger partial charge in [-0.15, -0.1) is 0 Å². The molecule has 2 heterocycles. The van der Waals surface area contributed by atoms with E-state index in [1.54, 1.807) is 23.6 Å². The Kier molecular flexibility index (Phi) is 4.62. The van der Waals surface area contributed by atoms with Gasteiger partial charge in [0.05, 0.1) is 11.3 Å². The quantitative estimate of drug-likeness (QED) is 0.828. The van der Waals surface area contributed by atoms with Crippen molar-refractivity contribution in [2.24, 2.45) is 0 Å². The fraction of sp³-hybridized carbons (Fsp3) is 0.500. The molecule has 0 spiro atoms. The number of hydrogen-bond acceptors (Lipinski definition) is 7. The van der Waals surface area contributed by atoms with Crippen molar-refractivity contribution < 1.29 is 18.3 Å². The number of carboxylic acid groups (broad SMARTS) is 1. The molecule has 0 bridgehead atoms. The van der Waals surface area contributed by atoms with E-state index in [1.165, 1.54) is 12.3 Å². The lowest BCUT2D eigenvalue weighted by atomic mass is 10.2. The summed E-state index contributed by atoms with van der Waals surface area (Å²) in [6, 6.07) is 1.31. The van der Waals surface area contributed by atoms with E-state index < -0.39 is 21.2 Å². The topological polar surface area (TPSA) is 114 Å². The van der Waals surface area contributed by atoms with Crippen molar-refractivity contribution in [2.75, 3.05) is 34.4 Å². The van der Waals surface area contributed by atoms with E-state index in [-0.39, 0.29) is 17.0 Å². The number of nitrogen functional groups attached to an aromatic ring is 1. The number of thioether (sulfide) groups is 1. The standard InChI is InChI=1S/C12H17N3O4S2/c1-2-21(18,19)10-7-20-4-3-15(10)11-9(13)5-8(6-14-11)12(16)17/h5-6,10H,2-4,7,13H2,1H3,(H,16,17). The average molecular weight is 331 g/mol. The summed E-state index contributed by atoms with van der Waals surface area (Å²) >= 11 is 1.57. The maximum Gasteiger partial charge on any atom is 0.337 e. The van der Waals surface area contributed by atoms with E-state index in [4.69, 9.17) is 10.8 Å². The predicted octanol–water partition coefficient (Wildman–Crippen LogP) is 0.676. The number of aromatic carboxylic acids is 1. The zero-order chi connectivity index (χ0) is 15.6. The van der Waals surface area contributed by atoms with Gasteiger partial charge in [0.2, 0.25) is 0 Å². The molecule has 1 aromatic heterocycles. The summed E-state index contributed by atoms with van der Waals surface area (Å²) in [5.74, 6) is 0.493. The van der Waals surface area contributed by atoms with E-state index in [0.29, 0.717) is 18.1 Å². The lowest BCUT2D eigenvalue weighted by Gasteiger charge is -2.36. The van der Waals surface area contributed by atoms with Gasteiger partial charge in [0.15, 0.2) is 15.7 Å². The molecule has 2 rings (SSSR count). The van der Waals surface area contributed by atoms with Crippen molar-refractivity contribution in [3.05, 3.63) is 17.8 Å². The zero-order valence-corrected chi connectivity index (χ0v) is 13.2. The Morgan fingerprint density at radius 2 is 2.33 bits per heavy atom. The predicted molar refractivity (Wildman–Crippen MR) is 83.5 cm³/mol. The Balaban J connectivity index is 2.40. The van der Waals surface area contributed by atoms with Crippen molar-refractivity contribution in [1.82, 2.24) is 4.98 Å². The first kappa shape index (κ1) is 15.9. The number of nitrogens with zero attached hydrogens (tertiary/aromatic N) is 2. The van der Waals surface area contributed by atoms with Crippen LogP contribution in [0.15, 0.2) is 12.3 Å². The highest BCUT2D eigenvalue weighted by Gasteiger charge is 2.34. The molecule has 1 atom stereocenters. The summed E-state index contributed by atoms with van der Waals surface area (Å²) in [4.78, 5) is 16.6. The van der Waals surface area contributed by atoms with Crippen LogP contribution in [0.5, 0.6) is 0 Å². The van der Waals surface area contributed by atoms with Gasteiger partial charge in [0, 0.05) is 30.0 Å². The van der Waals surface area contributed by atoms with Gasteiger partial charge in [-0.05, 0) is 6.07 Å². The SMILES string of the molecule is CCS(=O)(=O)C1CSCCN1c1ncc(C(=O)O)cc1N. The van der Waals surface area contributed by atoms with Crippen LogP contribution in [0, 0.1) is 0 Å². The Hall–Kier alpha value is -1.48. The maximum atomic E-state index is 12.2. The summed E-state index contributed by atoms with van der Waals surface area (Å²) < 4.78 is 24.4. The minimum atomic E-state index is -3.27. The van der Waals surface area contributed by atoms with E-state index in [1.807, 2.05) is 0 Å². The summed E-state index contributed by atoms with van der Waals surface area (Å²) in [5, 5.41) is 8.25. The molecule has 116 valence electrons. The van der Waals surface area contributed by atoms with E-state index in [2.05, 4.69) is 4.98 Å². The van der Waals surface area contributed by atoms with Crippen LogP contribution < -0.4 is 10.6 Å². The number of nitrogens with two attached hydrogens (primary N) is 1. The van der Waals surface area contributed by atoms with Gasteiger partial charge >= 0.3 is 5.97 Å². The summed E-state index contributed by atoms with van der Waals surface area (Å²) in [6.07, 6.45) is 1.20. The molecule has 9 heteroatoms. The molecule has 1 unspecified atom stereocenters. The molecule has 1 aliphatic rings. The van der Waals surface area contributed by atoms with Crippen LogP contribution in [0.25, 0.3) is 0 Å². The molecule has 7 nitrogen and oxygen atoms in total. The van der Waals surface area contributed by atoms with Gasteiger partial charge in [0.25, 0.3) is 0 Å². The normalized spacial score (nSPS) is 19.5. The first-order valence-electron chi connectivity index (χ1n) is 6.41. The summed E-state index contributed by atoms with van der Waals surface area (Å²) in [6.45, 7) is 2.12. The second-order valence-corrected chi connectivity index (χ2v) is 8.21. The number of rotatable bonds is 4. The molecule has 1 saturated heterocycles. The van der Waals surface area contributed by atoms with Crippen molar-refractivity contribution in [2.45, 2.75) is 12.3 Å². The van der Waals surface area contributed by atoms with Crippen molar-refractivity contribution >= 4 is 39.1 Å². The number of carboxylic acids is 1.